The molecule has 2 N–H and O–H groups in total. The molecule has 6 nitrogen and oxygen atoms in total. The third-order valence-corrected chi connectivity index (χ3v) is 1.52. The van der Waals surface area contributed by atoms with E-state index in [1.54, 1.807) is 0 Å². The summed E-state index contributed by atoms with van der Waals surface area (Å²) >= 11 is 0. The summed E-state index contributed by atoms with van der Waals surface area (Å²) in [6.45, 7) is 0.183. The van der Waals surface area contributed by atoms with Crippen molar-refractivity contribution in [3.63, 3.8) is 0 Å². The molecule has 13 heavy (non-hydrogen) atoms. The molecule has 0 aliphatic carbocycles. The van der Waals surface area contributed by atoms with Crippen LogP contribution in [0.15, 0.2) is 11.0 Å². The largest absolute Gasteiger partial charge is 0.477 e. The van der Waals surface area contributed by atoms with Crippen LogP contribution in [-0.4, -0.2) is 20.9 Å². The second kappa shape index (κ2) is 3.58. The Kier molecular flexibility index (Phi) is 2.50. The lowest BCUT2D eigenvalue weighted by Crippen LogP contribution is -2.21. The van der Waals surface area contributed by atoms with Crippen molar-refractivity contribution in [1.29, 1.82) is 5.26 Å². The number of nitrogens with one attached hydrogen (secondary N) is 1. The van der Waals surface area contributed by atoms with Gasteiger partial charge in [-0.3, -0.25) is 9.48 Å². The molecule has 0 saturated carbocycles. The third-order valence-electron chi connectivity index (χ3n) is 1.52. The van der Waals surface area contributed by atoms with E-state index in [0.29, 0.717) is 0 Å². The maximum atomic E-state index is 11.2. The SMILES string of the molecule is N#CCCn1[nH]cc(C(=O)O)c1=O. The number of carbonyl (C=O) groups is 1. The van der Waals surface area contributed by atoms with Crippen LogP contribution < -0.4 is 5.56 Å². The van der Waals surface area contributed by atoms with E-state index in [1.165, 1.54) is 0 Å². The number of nitrogens with zero attached hydrogens (tertiary/aromatic N) is 2. The van der Waals surface area contributed by atoms with Crippen LogP contribution in [0.1, 0.15) is 16.8 Å². The van der Waals surface area contributed by atoms with E-state index in [0.717, 1.165) is 10.9 Å². The lowest BCUT2D eigenvalue weighted by Gasteiger charge is -1.93. The quantitative estimate of drug-likeness (QED) is 0.673. The number of aromatic carboxylic acids is 1. The summed E-state index contributed by atoms with van der Waals surface area (Å²) in [6, 6.07) is 1.85. The predicted octanol–water partition coefficient (Wildman–Crippen LogP) is -0.212. The Morgan fingerprint density at radius 1 is 1.77 bits per heavy atom. The van der Waals surface area contributed by atoms with E-state index in [2.05, 4.69) is 5.10 Å². The number of rotatable bonds is 3. The number of aromatic nitrogens is 2. The molecule has 1 aromatic heterocycles. The molecule has 0 unspecified atom stereocenters. The van der Waals surface area contributed by atoms with E-state index in [-0.39, 0.29) is 18.5 Å². The van der Waals surface area contributed by atoms with Crippen molar-refractivity contribution in [2.45, 2.75) is 13.0 Å². The summed E-state index contributed by atoms with van der Waals surface area (Å²) in [7, 11) is 0. The van der Waals surface area contributed by atoms with Gasteiger partial charge < -0.3 is 10.2 Å². The highest BCUT2D eigenvalue weighted by Crippen LogP contribution is 1.90. The monoisotopic (exact) mass is 181 g/mol. The normalized spacial score (nSPS) is 9.46. The van der Waals surface area contributed by atoms with E-state index in [1.807, 2.05) is 6.07 Å². The van der Waals surface area contributed by atoms with Crippen LogP contribution in [0, 0.1) is 11.3 Å². The maximum absolute atomic E-state index is 11.2. The standard InChI is InChI=1S/C7H7N3O3/c8-2-1-3-10-6(11)5(4-9-10)7(12)13/h4,9H,1,3H2,(H,12,13). The van der Waals surface area contributed by atoms with Gasteiger partial charge in [-0.25, -0.2) is 4.79 Å². The molecule has 1 rings (SSSR count). The summed E-state index contributed by atoms with van der Waals surface area (Å²) in [4.78, 5) is 21.6. The molecule has 0 aromatic carbocycles. The molecule has 0 fully saturated rings. The summed E-state index contributed by atoms with van der Waals surface area (Å²) < 4.78 is 1.09. The van der Waals surface area contributed by atoms with Gasteiger partial charge in [0.25, 0.3) is 5.56 Å². The van der Waals surface area contributed by atoms with Crippen molar-refractivity contribution in [1.82, 2.24) is 9.78 Å². The highest BCUT2D eigenvalue weighted by atomic mass is 16.4. The predicted molar refractivity (Wildman–Crippen MR) is 42.2 cm³/mol. The highest BCUT2D eigenvalue weighted by molar-refractivity contribution is 5.86. The van der Waals surface area contributed by atoms with Crippen LogP contribution in [-0.2, 0) is 6.54 Å². The van der Waals surface area contributed by atoms with E-state index < -0.39 is 11.5 Å². The minimum Gasteiger partial charge on any atom is -0.477 e. The zero-order valence-electron chi connectivity index (χ0n) is 6.65. The average molecular weight is 181 g/mol. The molecule has 0 bridgehead atoms. The lowest BCUT2D eigenvalue weighted by molar-refractivity contribution is 0.0695. The first-order chi connectivity index (χ1) is 6.16. The smallest absolute Gasteiger partial charge is 0.342 e. The molecule has 0 amide bonds. The van der Waals surface area contributed by atoms with Gasteiger partial charge in [0.15, 0.2) is 0 Å². The number of carboxylic acids is 1. The van der Waals surface area contributed by atoms with Crippen LogP contribution in [0.3, 0.4) is 0 Å². The molecular formula is C7H7N3O3. The fourth-order valence-corrected chi connectivity index (χ4v) is 0.889. The van der Waals surface area contributed by atoms with Crippen LogP contribution in [0.25, 0.3) is 0 Å². The average Bonchev–Trinajstić information content (AvgIpc) is 2.43. The zero-order chi connectivity index (χ0) is 9.84. The number of hydrogen-bond acceptors (Lipinski definition) is 3. The van der Waals surface area contributed by atoms with Gasteiger partial charge in [0.1, 0.15) is 5.56 Å². The number of H-pyrrole nitrogens is 1. The zero-order valence-corrected chi connectivity index (χ0v) is 6.65. The van der Waals surface area contributed by atoms with Gasteiger partial charge in [0.2, 0.25) is 0 Å². The molecule has 0 spiro atoms. The molecule has 0 aliphatic heterocycles. The Balaban J connectivity index is 2.95. The van der Waals surface area contributed by atoms with Gasteiger partial charge in [0.05, 0.1) is 19.0 Å². The molecule has 1 aromatic rings. The van der Waals surface area contributed by atoms with E-state index in [9.17, 15) is 9.59 Å². The van der Waals surface area contributed by atoms with Crippen molar-refractivity contribution >= 4 is 5.97 Å². The summed E-state index contributed by atoms with van der Waals surface area (Å²) in [6.07, 6.45) is 1.28. The number of aryl methyl sites for hydroxylation is 1. The number of aromatic amines is 1. The van der Waals surface area contributed by atoms with Crippen molar-refractivity contribution in [3.05, 3.63) is 22.1 Å². The third kappa shape index (κ3) is 1.76. The van der Waals surface area contributed by atoms with Gasteiger partial charge in [-0.15, -0.1) is 0 Å². The molecule has 1 heterocycles. The maximum Gasteiger partial charge on any atom is 0.342 e. The van der Waals surface area contributed by atoms with Crippen LogP contribution >= 0.6 is 0 Å². The Hall–Kier alpha value is -2.03. The van der Waals surface area contributed by atoms with Gasteiger partial charge in [-0.05, 0) is 0 Å². The molecule has 0 atom stereocenters. The minimum absolute atomic E-state index is 0.166. The highest BCUT2D eigenvalue weighted by Gasteiger charge is 2.11. The number of nitriles is 1. The Bertz CT molecular complexity index is 409. The second-order valence-electron chi connectivity index (χ2n) is 2.36. The fraction of sp³-hybridized carbons (Fsp3) is 0.286. The molecule has 0 saturated heterocycles. The van der Waals surface area contributed by atoms with Crippen molar-refractivity contribution in [2.75, 3.05) is 0 Å². The molecule has 68 valence electrons. The van der Waals surface area contributed by atoms with Crippen molar-refractivity contribution in [2.24, 2.45) is 0 Å². The van der Waals surface area contributed by atoms with Gasteiger partial charge in [0, 0.05) is 6.20 Å². The van der Waals surface area contributed by atoms with Gasteiger partial charge >= 0.3 is 5.97 Å². The molecular weight excluding hydrogens is 174 g/mol. The molecule has 0 radical (unpaired) electrons. The summed E-state index contributed by atoms with van der Waals surface area (Å²) in [5, 5.41) is 19.2. The van der Waals surface area contributed by atoms with Crippen LogP contribution in [0.4, 0.5) is 0 Å². The first kappa shape index (κ1) is 9.06. The fourth-order valence-electron chi connectivity index (χ4n) is 0.889. The summed E-state index contributed by atoms with van der Waals surface area (Å²) in [5.74, 6) is -1.27. The minimum atomic E-state index is -1.27. The number of carboxylic acid groups (broad SMARTS) is 1. The van der Waals surface area contributed by atoms with Crippen molar-refractivity contribution < 1.29 is 9.90 Å². The van der Waals surface area contributed by atoms with E-state index >= 15 is 0 Å². The Morgan fingerprint density at radius 2 is 2.46 bits per heavy atom. The topological polar surface area (TPSA) is 98.9 Å². The molecule has 0 aliphatic rings. The van der Waals surface area contributed by atoms with Gasteiger partial charge in [-0.1, -0.05) is 0 Å². The van der Waals surface area contributed by atoms with Crippen LogP contribution in [0.2, 0.25) is 0 Å². The van der Waals surface area contributed by atoms with Gasteiger partial charge in [-0.2, -0.15) is 5.26 Å². The molecule has 6 heteroatoms. The Labute approximate surface area is 73.0 Å². The first-order valence-corrected chi connectivity index (χ1v) is 3.55. The second-order valence-corrected chi connectivity index (χ2v) is 2.36. The first-order valence-electron chi connectivity index (χ1n) is 3.55. The Morgan fingerprint density at radius 3 is 2.92 bits per heavy atom. The number of hydrogen-bond donors (Lipinski definition) is 2. The van der Waals surface area contributed by atoms with Crippen molar-refractivity contribution in [3.8, 4) is 6.07 Å². The summed E-state index contributed by atoms with van der Waals surface area (Å²) in [5.41, 5.74) is -0.916. The van der Waals surface area contributed by atoms with Crippen LogP contribution in [0.5, 0.6) is 0 Å². The van der Waals surface area contributed by atoms with E-state index in [4.69, 9.17) is 10.4 Å². The lowest BCUT2D eigenvalue weighted by atomic mass is 10.4.